The number of hydrogen-bond donors (Lipinski definition) is 1. The highest BCUT2D eigenvalue weighted by Gasteiger charge is 2.28. The minimum Gasteiger partial charge on any atom is -0.339 e. The smallest absolute Gasteiger partial charge is 0.255 e. The number of piperidine rings is 1. The average Bonchev–Trinajstić information content (AvgIpc) is 3.30. The molecule has 2 amide bonds. The Kier molecular flexibility index (Phi) is 5.53. The summed E-state index contributed by atoms with van der Waals surface area (Å²) in [6.07, 6.45) is 7.71. The third kappa shape index (κ3) is 4.43. The molecule has 1 aliphatic rings. The zero-order chi connectivity index (χ0) is 20.2. The van der Waals surface area contributed by atoms with Crippen molar-refractivity contribution in [3.05, 3.63) is 65.7 Å². The fourth-order valence-corrected chi connectivity index (χ4v) is 3.37. The van der Waals surface area contributed by atoms with Crippen molar-refractivity contribution < 1.29 is 9.59 Å². The lowest BCUT2D eigenvalue weighted by molar-refractivity contribution is -0.121. The number of nitrogens with one attached hydrogen (secondary N) is 1. The number of nitrogens with zero attached hydrogens (tertiary/aromatic N) is 5. The van der Waals surface area contributed by atoms with Gasteiger partial charge in [0, 0.05) is 43.8 Å². The van der Waals surface area contributed by atoms with Crippen LogP contribution in [0.4, 0.5) is 5.82 Å². The molecule has 0 atom stereocenters. The molecule has 8 nitrogen and oxygen atoms in total. The van der Waals surface area contributed by atoms with Crippen LogP contribution in [0.15, 0.2) is 55.1 Å². The first-order chi connectivity index (χ1) is 14.1. The highest BCUT2D eigenvalue weighted by Crippen LogP contribution is 2.21. The molecule has 0 bridgehead atoms. The number of carbonyl (C=O) groups is 2. The predicted molar refractivity (Wildman–Crippen MR) is 108 cm³/mol. The molecule has 1 saturated heterocycles. The summed E-state index contributed by atoms with van der Waals surface area (Å²) >= 11 is 5.81. The summed E-state index contributed by atoms with van der Waals surface area (Å²) < 4.78 is 1.63. The van der Waals surface area contributed by atoms with E-state index in [-0.39, 0.29) is 17.7 Å². The second-order valence-corrected chi connectivity index (χ2v) is 7.21. The summed E-state index contributed by atoms with van der Waals surface area (Å²) in [5.41, 5.74) is 0.522. The van der Waals surface area contributed by atoms with Gasteiger partial charge in [0.05, 0.1) is 10.6 Å². The van der Waals surface area contributed by atoms with Gasteiger partial charge in [0.15, 0.2) is 5.82 Å². The third-order valence-electron chi connectivity index (χ3n) is 4.87. The number of carbonyl (C=O) groups excluding carboxylic acids is 2. The molecule has 4 rings (SSSR count). The van der Waals surface area contributed by atoms with Crippen LogP contribution in [0.1, 0.15) is 23.2 Å². The zero-order valence-corrected chi connectivity index (χ0v) is 16.3. The molecule has 148 valence electrons. The number of amides is 2. The Balaban J connectivity index is 1.32. The fraction of sp³-hybridized carbons (Fsp3) is 0.250. The summed E-state index contributed by atoms with van der Waals surface area (Å²) in [7, 11) is 0. The van der Waals surface area contributed by atoms with Crippen LogP contribution in [0.5, 0.6) is 0 Å². The molecule has 3 aromatic rings. The Morgan fingerprint density at radius 3 is 2.52 bits per heavy atom. The summed E-state index contributed by atoms with van der Waals surface area (Å²) in [6, 6.07) is 8.66. The normalized spacial score (nSPS) is 14.6. The number of hydrogen-bond acceptors (Lipinski definition) is 5. The van der Waals surface area contributed by atoms with Crippen LogP contribution in [-0.2, 0) is 4.79 Å². The van der Waals surface area contributed by atoms with Gasteiger partial charge < -0.3 is 10.2 Å². The highest BCUT2D eigenvalue weighted by molar-refractivity contribution is 6.30. The summed E-state index contributed by atoms with van der Waals surface area (Å²) in [5.74, 6) is 0.802. The summed E-state index contributed by atoms with van der Waals surface area (Å²) in [6.45, 7) is 1.04. The van der Waals surface area contributed by atoms with E-state index in [0.717, 1.165) is 0 Å². The maximum Gasteiger partial charge on any atom is 0.255 e. The monoisotopic (exact) mass is 410 g/mol. The molecule has 0 aromatic carbocycles. The average molecular weight is 411 g/mol. The molecule has 0 radical (unpaired) electrons. The Labute approximate surface area is 172 Å². The number of anilines is 1. The first kappa shape index (κ1) is 19.1. The zero-order valence-electron chi connectivity index (χ0n) is 15.5. The van der Waals surface area contributed by atoms with E-state index >= 15 is 0 Å². The molecule has 3 aromatic heterocycles. The predicted octanol–water partition coefficient (Wildman–Crippen LogP) is 2.81. The van der Waals surface area contributed by atoms with E-state index in [1.54, 1.807) is 52.4 Å². The van der Waals surface area contributed by atoms with Crippen molar-refractivity contribution in [1.82, 2.24) is 24.6 Å². The van der Waals surface area contributed by atoms with Crippen LogP contribution in [0.2, 0.25) is 5.02 Å². The van der Waals surface area contributed by atoms with Gasteiger partial charge >= 0.3 is 0 Å². The lowest BCUT2D eigenvalue weighted by Gasteiger charge is -2.31. The van der Waals surface area contributed by atoms with E-state index in [4.69, 9.17) is 11.6 Å². The quantitative estimate of drug-likeness (QED) is 0.713. The van der Waals surface area contributed by atoms with Crippen molar-refractivity contribution in [3.63, 3.8) is 0 Å². The van der Waals surface area contributed by atoms with E-state index in [1.165, 1.54) is 6.20 Å². The van der Waals surface area contributed by atoms with Crippen LogP contribution in [0, 0.1) is 5.92 Å². The van der Waals surface area contributed by atoms with Gasteiger partial charge in [-0.2, -0.15) is 5.10 Å². The lowest BCUT2D eigenvalue weighted by Crippen LogP contribution is -2.41. The molecule has 0 saturated carbocycles. The second-order valence-electron chi connectivity index (χ2n) is 6.77. The SMILES string of the molecule is O=C(Nc1ccc(Cl)cn1)C1CCN(C(=O)c2ccc(-n3cccn3)nc2)CC1. The van der Waals surface area contributed by atoms with Gasteiger partial charge in [-0.1, -0.05) is 11.6 Å². The lowest BCUT2D eigenvalue weighted by atomic mass is 9.95. The van der Waals surface area contributed by atoms with Gasteiger partial charge in [0.2, 0.25) is 5.91 Å². The number of likely N-dealkylation sites (tertiary alicyclic amines) is 1. The molecule has 4 heterocycles. The third-order valence-corrected chi connectivity index (χ3v) is 5.09. The standard InChI is InChI=1S/C20H19ClN6O2/c21-16-3-4-17(22-13-16)25-19(28)14-6-10-26(11-7-14)20(29)15-2-5-18(23-12-15)27-9-1-8-24-27/h1-5,8-9,12-14H,6-7,10-11H2,(H,22,25,28). The van der Waals surface area contributed by atoms with Gasteiger partial charge in [-0.3, -0.25) is 9.59 Å². The molecular weight excluding hydrogens is 392 g/mol. The van der Waals surface area contributed by atoms with Gasteiger partial charge in [-0.05, 0) is 43.2 Å². The van der Waals surface area contributed by atoms with Gasteiger partial charge in [-0.25, -0.2) is 14.6 Å². The molecule has 9 heteroatoms. The van der Waals surface area contributed by atoms with Crippen molar-refractivity contribution in [2.75, 3.05) is 18.4 Å². The number of pyridine rings is 2. The van der Waals surface area contributed by atoms with Crippen molar-refractivity contribution in [2.24, 2.45) is 5.92 Å². The largest absolute Gasteiger partial charge is 0.339 e. The molecule has 0 spiro atoms. The summed E-state index contributed by atoms with van der Waals surface area (Å²) in [5, 5.41) is 7.44. The summed E-state index contributed by atoms with van der Waals surface area (Å²) in [4.78, 5) is 35.3. The highest BCUT2D eigenvalue weighted by atomic mass is 35.5. The van der Waals surface area contributed by atoms with Crippen molar-refractivity contribution in [1.29, 1.82) is 0 Å². The van der Waals surface area contributed by atoms with Crippen LogP contribution < -0.4 is 5.32 Å². The van der Waals surface area contributed by atoms with E-state index in [0.29, 0.717) is 48.2 Å². The molecule has 29 heavy (non-hydrogen) atoms. The van der Waals surface area contributed by atoms with Crippen LogP contribution in [0.25, 0.3) is 5.82 Å². The van der Waals surface area contributed by atoms with Crippen LogP contribution in [-0.4, -0.2) is 49.6 Å². The second kappa shape index (κ2) is 8.40. The van der Waals surface area contributed by atoms with E-state index < -0.39 is 0 Å². The van der Waals surface area contributed by atoms with Gasteiger partial charge in [0.25, 0.3) is 5.91 Å². The molecule has 0 unspecified atom stereocenters. The first-order valence-corrected chi connectivity index (χ1v) is 9.66. The van der Waals surface area contributed by atoms with E-state index in [1.807, 2.05) is 6.07 Å². The van der Waals surface area contributed by atoms with Crippen molar-refractivity contribution >= 4 is 29.2 Å². The molecule has 1 fully saturated rings. The Bertz CT molecular complexity index is 981. The van der Waals surface area contributed by atoms with Crippen molar-refractivity contribution in [3.8, 4) is 5.82 Å². The maximum absolute atomic E-state index is 12.7. The minimum absolute atomic E-state index is 0.0808. The van der Waals surface area contributed by atoms with Crippen LogP contribution in [0.3, 0.4) is 0 Å². The Hall–Kier alpha value is -3.26. The number of rotatable bonds is 4. The van der Waals surface area contributed by atoms with Gasteiger partial charge in [0.1, 0.15) is 5.82 Å². The maximum atomic E-state index is 12.7. The van der Waals surface area contributed by atoms with E-state index in [9.17, 15) is 9.59 Å². The minimum atomic E-state index is -0.156. The molecular formula is C20H19ClN6O2. The first-order valence-electron chi connectivity index (χ1n) is 9.28. The van der Waals surface area contributed by atoms with Crippen molar-refractivity contribution in [2.45, 2.75) is 12.8 Å². The topological polar surface area (TPSA) is 93.0 Å². The number of halogens is 1. The molecule has 0 aliphatic carbocycles. The van der Waals surface area contributed by atoms with Gasteiger partial charge in [-0.15, -0.1) is 0 Å². The van der Waals surface area contributed by atoms with Crippen LogP contribution >= 0.6 is 11.6 Å². The number of aromatic nitrogens is 4. The Morgan fingerprint density at radius 2 is 1.90 bits per heavy atom. The Morgan fingerprint density at radius 1 is 1.07 bits per heavy atom. The fourth-order valence-electron chi connectivity index (χ4n) is 3.26. The molecule has 1 N–H and O–H groups in total. The van der Waals surface area contributed by atoms with E-state index in [2.05, 4.69) is 20.4 Å². The molecule has 1 aliphatic heterocycles.